The number of aromatic nitrogens is 2. The van der Waals surface area contributed by atoms with Crippen LogP contribution in [0.25, 0.3) is 0 Å². The van der Waals surface area contributed by atoms with Crippen molar-refractivity contribution in [1.29, 1.82) is 0 Å². The summed E-state index contributed by atoms with van der Waals surface area (Å²) < 4.78 is 0. The second-order valence-electron chi connectivity index (χ2n) is 6.43. The van der Waals surface area contributed by atoms with Crippen LogP contribution in [0, 0.1) is 0 Å². The van der Waals surface area contributed by atoms with Gasteiger partial charge in [-0.25, -0.2) is 9.97 Å². The van der Waals surface area contributed by atoms with Gasteiger partial charge >= 0.3 is 0 Å². The molecule has 0 radical (unpaired) electrons. The first-order chi connectivity index (χ1) is 10.3. The highest BCUT2D eigenvalue weighted by molar-refractivity contribution is 5.38. The van der Waals surface area contributed by atoms with Gasteiger partial charge in [0.25, 0.3) is 0 Å². The third kappa shape index (κ3) is 2.41. The van der Waals surface area contributed by atoms with Crippen molar-refractivity contribution in [2.24, 2.45) is 0 Å². The van der Waals surface area contributed by atoms with Gasteiger partial charge in [0, 0.05) is 23.6 Å². The second-order valence-corrected chi connectivity index (χ2v) is 6.43. The lowest BCUT2D eigenvalue weighted by molar-refractivity contribution is 0.642. The molecule has 2 aromatic rings. The van der Waals surface area contributed by atoms with Crippen LogP contribution in [0.3, 0.4) is 0 Å². The van der Waals surface area contributed by atoms with Crippen LogP contribution in [0.1, 0.15) is 60.2 Å². The van der Waals surface area contributed by atoms with Crippen LogP contribution in [0.5, 0.6) is 0 Å². The van der Waals surface area contributed by atoms with Gasteiger partial charge in [0.15, 0.2) is 0 Å². The van der Waals surface area contributed by atoms with Gasteiger partial charge in [-0.05, 0) is 36.8 Å². The second kappa shape index (κ2) is 5.14. The Bertz CT molecular complexity index is 634. The number of nitrogen functional groups attached to an aromatic ring is 1. The van der Waals surface area contributed by atoms with E-state index < -0.39 is 0 Å². The van der Waals surface area contributed by atoms with Crippen molar-refractivity contribution in [2.45, 2.75) is 50.4 Å². The van der Waals surface area contributed by atoms with E-state index in [1.165, 1.54) is 42.5 Å². The molecule has 4 rings (SSSR count). The van der Waals surface area contributed by atoms with Crippen LogP contribution in [-0.2, 0) is 12.8 Å². The molecular weight excluding hydrogens is 258 g/mol. The number of hydrogen-bond acceptors (Lipinski definition) is 3. The summed E-state index contributed by atoms with van der Waals surface area (Å²) >= 11 is 0. The van der Waals surface area contributed by atoms with E-state index in [4.69, 9.17) is 10.7 Å². The van der Waals surface area contributed by atoms with Crippen molar-refractivity contribution in [1.82, 2.24) is 9.97 Å². The van der Waals surface area contributed by atoms with Crippen molar-refractivity contribution in [3.05, 3.63) is 53.0 Å². The molecule has 0 spiro atoms. The van der Waals surface area contributed by atoms with Crippen molar-refractivity contribution in [3.8, 4) is 0 Å². The summed E-state index contributed by atoms with van der Waals surface area (Å²) in [6.07, 6.45) is 7.23. The molecule has 0 unspecified atom stereocenters. The lowest BCUT2D eigenvalue weighted by Gasteiger charge is -2.14. The van der Waals surface area contributed by atoms with Crippen LogP contribution in [0.2, 0.25) is 0 Å². The van der Waals surface area contributed by atoms with E-state index in [-0.39, 0.29) is 0 Å². The molecule has 1 fully saturated rings. The van der Waals surface area contributed by atoms with Crippen molar-refractivity contribution < 1.29 is 0 Å². The fraction of sp³-hybridized carbons (Fsp3) is 0.444. The predicted molar refractivity (Wildman–Crippen MR) is 84.2 cm³/mol. The number of nitrogens with zero attached hydrogens (tertiary/aromatic N) is 2. The molecule has 1 aromatic carbocycles. The summed E-state index contributed by atoms with van der Waals surface area (Å²) in [7, 11) is 0. The van der Waals surface area contributed by atoms with E-state index in [0.29, 0.717) is 17.7 Å². The van der Waals surface area contributed by atoms with Gasteiger partial charge in [-0.1, -0.05) is 37.1 Å². The number of hydrogen-bond donors (Lipinski definition) is 1. The smallest absolute Gasteiger partial charge is 0.134 e. The molecule has 1 heterocycles. The summed E-state index contributed by atoms with van der Waals surface area (Å²) in [6.45, 7) is 0. The Morgan fingerprint density at radius 3 is 2.24 bits per heavy atom. The SMILES string of the molecule is Nc1cc(C2CCCC2)nc(C2Cc3ccccc3C2)n1. The van der Waals surface area contributed by atoms with Crippen LogP contribution in [0.4, 0.5) is 5.82 Å². The molecule has 21 heavy (non-hydrogen) atoms. The quantitative estimate of drug-likeness (QED) is 0.913. The first-order valence-corrected chi connectivity index (χ1v) is 8.01. The van der Waals surface area contributed by atoms with E-state index >= 15 is 0 Å². The van der Waals surface area contributed by atoms with Crippen molar-refractivity contribution in [3.63, 3.8) is 0 Å². The fourth-order valence-corrected chi connectivity index (χ4v) is 3.86. The lowest BCUT2D eigenvalue weighted by Crippen LogP contribution is -2.10. The van der Waals surface area contributed by atoms with E-state index in [1.54, 1.807) is 0 Å². The van der Waals surface area contributed by atoms with E-state index in [9.17, 15) is 0 Å². The van der Waals surface area contributed by atoms with Crippen LogP contribution >= 0.6 is 0 Å². The maximum Gasteiger partial charge on any atom is 0.134 e. The Morgan fingerprint density at radius 2 is 1.57 bits per heavy atom. The Morgan fingerprint density at radius 1 is 0.905 bits per heavy atom. The summed E-state index contributed by atoms with van der Waals surface area (Å²) in [4.78, 5) is 9.43. The summed E-state index contributed by atoms with van der Waals surface area (Å²) in [6, 6.07) is 10.7. The first-order valence-electron chi connectivity index (χ1n) is 8.01. The Balaban J connectivity index is 1.64. The number of anilines is 1. The topological polar surface area (TPSA) is 51.8 Å². The first kappa shape index (κ1) is 12.8. The van der Waals surface area contributed by atoms with E-state index in [0.717, 1.165) is 18.7 Å². The molecule has 108 valence electrons. The molecule has 3 nitrogen and oxygen atoms in total. The number of fused-ring (bicyclic) bond motifs is 1. The number of nitrogens with two attached hydrogens (primary N) is 1. The summed E-state index contributed by atoms with van der Waals surface area (Å²) in [5.74, 6) is 2.58. The van der Waals surface area contributed by atoms with Crippen LogP contribution < -0.4 is 5.73 Å². The molecule has 0 amide bonds. The van der Waals surface area contributed by atoms with Crippen LogP contribution in [-0.4, -0.2) is 9.97 Å². The fourth-order valence-electron chi connectivity index (χ4n) is 3.86. The van der Waals surface area contributed by atoms with Gasteiger partial charge in [-0.2, -0.15) is 0 Å². The van der Waals surface area contributed by atoms with Gasteiger partial charge in [-0.15, -0.1) is 0 Å². The van der Waals surface area contributed by atoms with E-state index in [1.807, 2.05) is 6.07 Å². The average Bonchev–Trinajstić information content (AvgIpc) is 3.16. The van der Waals surface area contributed by atoms with Crippen LogP contribution in [0.15, 0.2) is 30.3 Å². The minimum absolute atomic E-state index is 0.394. The standard InChI is InChI=1S/C18H21N3/c19-17-11-16(12-5-1-2-6-12)20-18(21-17)15-9-13-7-3-4-8-14(13)10-15/h3-4,7-8,11-12,15H,1-2,5-6,9-10H2,(H2,19,20,21). The maximum atomic E-state index is 6.05. The molecule has 1 aromatic heterocycles. The van der Waals surface area contributed by atoms with Gasteiger partial charge in [0.1, 0.15) is 11.6 Å². The molecule has 1 saturated carbocycles. The molecule has 2 aliphatic carbocycles. The van der Waals surface area contributed by atoms with Gasteiger partial charge < -0.3 is 5.73 Å². The molecule has 3 heteroatoms. The zero-order valence-corrected chi connectivity index (χ0v) is 12.3. The zero-order chi connectivity index (χ0) is 14.2. The summed E-state index contributed by atoms with van der Waals surface area (Å²) in [5, 5.41) is 0. The molecular formula is C18H21N3. The minimum atomic E-state index is 0.394. The molecule has 2 N–H and O–H groups in total. The highest BCUT2D eigenvalue weighted by atomic mass is 15.0. The largest absolute Gasteiger partial charge is 0.384 e. The predicted octanol–water partition coefficient (Wildman–Crippen LogP) is 3.60. The lowest BCUT2D eigenvalue weighted by atomic mass is 10.0. The average molecular weight is 279 g/mol. The molecule has 0 aliphatic heterocycles. The van der Waals surface area contributed by atoms with E-state index in [2.05, 4.69) is 29.2 Å². The molecule has 0 saturated heterocycles. The molecule has 0 bridgehead atoms. The maximum absolute atomic E-state index is 6.05. The van der Waals surface area contributed by atoms with Gasteiger partial charge in [0.05, 0.1) is 0 Å². The summed E-state index contributed by atoms with van der Waals surface area (Å²) in [5.41, 5.74) is 10.1. The Kier molecular flexibility index (Phi) is 3.13. The Labute approximate surface area is 125 Å². The monoisotopic (exact) mass is 279 g/mol. The zero-order valence-electron chi connectivity index (χ0n) is 12.3. The molecule has 2 aliphatic rings. The minimum Gasteiger partial charge on any atom is -0.384 e. The normalized spacial score (nSPS) is 19.0. The third-order valence-corrected chi connectivity index (χ3v) is 4.97. The molecule has 0 atom stereocenters. The van der Waals surface area contributed by atoms with Gasteiger partial charge in [0.2, 0.25) is 0 Å². The van der Waals surface area contributed by atoms with Crippen molar-refractivity contribution >= 4 is 5.82 Å². The highest BCUT2D eigenvalue weighted by Crippen LogP contribution is 2.36. The van der Waals surface area contributed by atoms with Crippen molar-refractivity contribution in [2.75, 3.05) is 5.73 Å². The number of benzene rings is 1. The van der Waals surface area contributed by atoms with Gasteiger partial charge in [-0.3, -0.25) is 0 Å². The highest BCUT2D eigenvalue weighted by Gasteiger charge is 2.26. The Hall–Kier alpha value is -1.90. The third-order valence-electron chi connectivity index (χ3n) is 4.97. The number of rotatable bonds is 2.